The summed E-state index contributed by atoms with van der Waals surface area (Å²) in [5.41, 5.74) is 3.52. The number of anilines is 1. The molecule has 5 heteroatoms. The molecule has 0 amide bonds. The molecule has 0 saturated heterocycles. The monoisotopic (exact) mass is 280 g/mol. The third kappa shape index (κ3) is 3.65. The first kappa shape index (κ1) is 14.2. The van der Waals surface area contributed by atoms with E-state index in [-0.39, 0.29) is 6.61 Å². The number of hydrogen-bond donors (Lipinski definition) is 2. The van der Waals surface area contributed by atoms with Crippen molar-refractivity contribution in [2.24, 2.45) is 0 Å². The number of nitrogens with zero attached hydrogens (tertiary/aromatic N) is 1. The van der Waals surface area contributed by atoms with Gasteiger partial charge in [-0.1, -0.05) is 6.92 Å². The number of aryl methyl sites for hydroxylation is 2. The second-order valence-corrected chi connectivity index (χ2v) is 5.56. The maximum Gasteiger partial charge on any atom is 0.0907 e. The number of benzene rings is 1. The zero-order valence-corrected chi connectivity index (χ0v) is 12.2. The molecule has 104 valence electrons. The van der Waals surface area contributed by atoms with Gasteiger partial charge in [-0.3, -0.25) is 0 Å². The van der Waals surface area contributed by atoms with E-state index in [0.717, 1.165) is 29.2 Å². The van der Waals surface area contributed by atoms with Gasteiger partial charge in [0.25, 0.3) is 0 Å². The van der Waals surface area contributed by atoms with Gasteiger partial charge in [0.1, 0.15) is 0 Å². The molecule has 19 heavy (non-hydrogen) atoms. The van der Waals surface area contributed by atoms with Crippen LogP contribution in [0.4, 0.5) is 5.69 Å². The first-order valence-corrected chi connectivity index (χ1v) is 7.38. The lowest BCUT2D eigenvalue weighted by Gasteiger charge is -2.11. The topological polar surface area (TPSA) is 54.4 Å². The SMILES string of the molecule is CCc1cc2nc(C)sc2cc1NCCOCCO. The highest BCUT2D eigenvalue weighted by Crippen LogP contribution is 2.28. The van der Waals surface area contributed by atoms with E-state index in [2.05, 4.69) is 29.4 Å². The van der Waals surface area contributed by atoms with Crippen LogP contribution in [0.15, 0.2) is 12.1 Å². The molecule has 2 N–H and O–H groups in total. The summed E-state index contributed by atoms with van der Waals surface area (Å²) in [6.07, 6.45) is 0.979. The molecule has 0 radical (unpaired) electrons. The van der Waals surface area contributed by atoms with Gasteiger partial charge in [-0.25, -0.2) is 4.98 Å². The smallest absolute Gasteiger partial charge is 0.0907 e. The number of fused-ring (bicyclic) bond motifs is 1. The summed E-state index contributed by atoms with van der Waals surface area (Å²) in [5.74, 6) is 0. The minimum atomic E-state index is 0.0757. The van der Waals surface area contributed by atoms with Crippen molar-refractivity contribution < 1.29 is 9.84 Å². The maximum atomic E-state index is 8.63. The predicted octanol–water partition coefficient (Wildman–Crippen LogP) is 2.59. The Morgan fingerprint density at radius 1 is 1.37 bits per heavy atom. The molecule has 0 spiro atoms. The van der Waals surface area contributed by atoms with Crippen molar-refractivity contribution in [3.05, 3.63) is 22.7 Å². The molecular formula is C14H20N2O2S. The number of aromatic nitrogens is 1. The van der Waals surface area contributed by atoms with Crippen molar-refractivity contribution in [1.29, 1.82) is 0 Å². The Bertz CT molecular complexity index is 539. The molecule has 0 saturated carbocycles. The summed E-state index contributed by atoms with van der Waals surface area (Å²) in [5, 5.41) is 13.1. The Balaban J connectivity index is 2.07. The zero-order chi connectivity index (χ0) is 13.7. The molecule has 0 fully saturated rings. The fourth-order valence-electron chi connectivity index (χ4n) is 2.01. The van der Waals surface area contributed by atoms with Crippen molar-refractivity contribution in [2.45, 2.75) is 20.3 Å². The molecule has 1 heterocycles. The summed E-state index contributed by atoms with van der Waals surface area (Å²) in [7, 11) is 0. The van der Waals surface area contributed by atoms with E-state index in [9.17, 15) is 0 Å². The van der Waals surface area contributed by atoms with Crippen molar-refractivity contribution in [3.8, 4) is 0 Å². The van der Waals surface area contributed by atoms with Crippen LogP contribution in [-0.2, 0) is 11.2 Å². The minimum Gasteiger partial charge on any atom is -0.394 e. The fraction of sp³-hybridized carbons (Fsp3) is 0.500. The van der Waals surface area contributed by atoms with E-state index < -0.39 is 0 Å². The van der Waals surface area contributed by atoms with Crippen LogP contribution < -0.4 is 5.32 Å². The second-order valence-electron chi connectivity index (χ2n) is 4.33. The minimum absolute atomic E-state index is 0.0757. The first-order chi connectivity index (χ1) is 9.24. The molecule has 0 unspecified atom stereocenters. The number of nitrogens with one attached hydrogen (secondary N) is 1. The number of ether oxygens (including phenoxy) is 1. The Kier molecular flexibility index (Phi) is 5.13. The molecule has 2 aromatic rings. The van der Waals surface area contributed by atoms with E-state index >= 15 is 0 Å². The van der Waals surface area contributed by atoms with Crippen LogP contribution in [0.1, 0.15) is 17.5 Å². The van der Waals surface area contributed by atoms with Crippen molar-refractivity contribution in [3.63, 3.8) is 0 Å². The summed E-state index contributed by atoms with van der Waals surface area (Å²) in [6.45, 7) is 6.00. The standard InChI is InChI=1S/C14H20N2O2S/c1-3-11-8-13-14(19-10(2)16-13)9-12(11)15-4-6-18-7-5-17/h8-9,15,17H,3-7H2,1-2H3. The number of rotatable bonds is 7. The summed E-state index contributed by atoms with van der Waals surface area (Å²) >= 11 is 1.72. The average Bonchev–Trinajstić information content (AvgIpc) is 2.76. The molecule has 0 bridgehead atoms. The van der Waals surface area contributed by atoms with Gasteiger partial charge in [0, 0.05) is 12.2 Å². The third-order valence-electron chi connectivity index (χ3n) is 2.90. The van der Waals surface area contributed by atoms with Gasteiger partial charge in [-0.2, -0.15) is 0 Å². The normalized spacial score (nSPS) is 11.1. The number of aliphatic hydroxyl groups excluding tert-OH is 1. The van der Waals surface area contributed by atoms with Crippen LogP contribution >= 0.6 is 11.3 Å². The highest BCUT2D eigenvalue weighted by Gasteiger charge is 2.06. The van der Waals surface area contributed by atoms with Gasteiger partial charge in [0.05, 0.1) is 35.0 Å². The van der Waals surface area contributed by atoms with Crippen LogP contribution in [-0.4, -0.2) is 36.5 Å². The number of aliphatic hydroxyl groups is 1. The highest BCUT2D eigenvalue weighted by molar-refractivity contribution is 7.18. The Hall–Kier alpha value is -1.17. The van der Waals surface area contributed by atoms with E-state index in [1.165, 1.54) is 10.3 Å². The van der Waals surface area contributed by atoms with Crippen LogP contribution in [0.2, 0.25) is 0 Å². The lowest BCUT2D eigenvalue weighted by atomic mass is 10.1. The Morgan fingerprint density at radius 2 is 2.21 bits per heavy atom. The van der Waals surface area contributed by atoms with E-state index in [0.29, 0.717) is 13.2 Å². The average molecular weight is 280 g/mol. The Labute approximate surface area is 117 Å². The summed E-state index contributed by atoms with van der Waals surface area (Å²) in [4.78, 5) is 4.52. The molecule has 0 atom stereocenters. The predicted molar refractivity (Wildman–Crippen MR) is 80.1 cm³/mol. The van der Waals surface area contributed by atoms with Gasteiger partial charge in [-0.15, -0.1) is 11.3 Å². The lowest BCUT2D eigenvalue weighted by Crippen LogP contribution is -2.12. The molecular weight excluding hydrogens is 260 g/mol. The van der Waals surface area contributed by atoms with E-state index in [4.69, 9.17) is 9.84 Å². The summed E-state index contributed by atoms with van der Waals surface area (Å²) in [6, 6.07) is 4.33. The van der Waals surface area contributed by atoms with Gasteiger partial charge in [0.15, 0.2) is 0 Å². The maximum absolute atomic E-state index is 8.63. The van der Waals surface area contributed by atoms with Gasteiger partial charge < -0.3 is 15.2 Å². The van der Waals surface area contributed by atoms with E-state index in [1.54, 1.807) is 11.3 Å². The van der Waals surface area contributed by atoms with Gasteiger partial charge in [-0.05, 0) is 31.0 Å². The molecule has 2 rings (SSSR count). The molecule has 0 aliphatic rings. The molecule has 0 aliphatic carbocycles. The lowest BCUT2D eigenvalue weighted by molar-refractivity contribution is 0.0992. The molecule has 1 aromatic carbocycles. The van der Waals surface area contributed by atoms with Crippen LogP contribution in [0.5, 0.6) is 0 Å². The van der Waals surface area contributed by atoms with Gasteiger partial charge >= 0.3 is 0 Å². The third-order valence-corrected chi connectivity index (χ3v) is 3.83. The number of hydrogen-bond acceptors (Lipinski definition) is 5. The Morgan fingerprint density at radius 3 is 2.95 bits per heavy atom. The molecule has 1 aromatic heterocycles. The molecule has 0 aliphatic heterocycles. The van der Waals surface area contributed by atoms with Crippen molar-refractivity contribution in [2.75, 3.05) is 31.7 Å². The van der Waals surface area contributed by atoms with Crippen molar-refractivity contribution >= 4 is 27.2 Å². The second kappa shape index (κ2) is 6.84. The quantitative estimate of drug-likeness (QED) is 0.765. The molecule has 4 nitrogen and oxygen atoms in total. The largest absolute Gasteiger partial charge is 0.394 e. The van der Waals surface area contributed by atoms with Crippen LogP contribution in [0, 0.1) is 6.92 Å². The first-order valence-electron chi connectivity index (χ1n) is 6.57. The summed E-state index contributed by atoms with van der Waals surface area (Å²) < 4.78 is 6.46. The fourth-order valence-corrected chi connectivity index (χ4v) is 2.86. The zero-order valence-electron chi connectivity index (χ0n) is 11.4. The van der Waals surface area contributed by atoms with Gasteiger partial charge in [0.2, 0.25) is 0 Å². The van der Waals surface area contributed by atoms with Crippen LogP contribution in [0.25, 0.3) is 10.2 Å². The number of thiazole rings is 1. The van der Waals surface area contributed by atoms with Crippen LogP contribution in [0.3, 0.4) is 0 Å². The van der Waals surface area contributed by atoms with E-state index in [1.807, 2.05) is 6.92 Å². The van der Waals surface area contributed by atoms with Crippen molar-refractivity contribution in [1.82, 2.24) is 4.98 Å². The highest BCUT2D eigenvalue weighted by atomic mass is 32.1.